The Kier molecular flexibility index (Phi) is 3.23. The van der Waals surface area contributed by atoms with Crippen LogP contribution in [0.3, 0.4) is 0 Å². The van der Waals surface area contributed by atoms with Crippen molar-refractivity contribution in [2.24, 2.45) is 0 Å². The third-order valence-corrected chi connectivity index (χ3v) is 2.02. The van der Waals surface area contributed by atoms with E-state index in [0.29, 0.717) is 17.0 Å². The van der Waals surface area contributed by atoms with Crippen LogP contribution >= 0.6 is 0 Å². The lowest BCUT2D eigenvalue weighted by molar-refractivity contribution is 1.04. The van der Waals surface area contributed by atoms with Crippen molar-refractivity contribution in [3.63, 3.8) is 0 Å². The second-order valence-corrected chi connectivity index (χ2v) is 3.36. The molecule has 0 atom stereocenters. The number of aromatic amines is 3. The van der Waals surface area contributed by atoms with Gasteiger partial charge in [0, 0.05) is 12.3 Å². The van der Waals surface area contributed by atoms with Gasteiger partial charge in [-0.2, -0.15) is 9.97 Å². The fourth-order valence-corrected chi connectivity index (χ4v) is 1.26. The van der Waals surface area contributed by atoms with Crippen LogP contribution in [-0.4, -0.2) is 29.9 Å². The van der Waals surface area contributed by atoms with Crippen LogP contribution in [0.2, 0.25) is 0 Å². The molecule has 3 aromatic rings. The van der Waals surface area contributed by atoms with Crippen molar-refractivity contribution in [2.75, 3.05) is 11.5 Å². The first-order chi connectivity index (χ1) is 9.06. The molecule has 3 rings (SSSR count). The Morgan fingerprint density at radius 2 is 1.89 bits per heavy atom. The molecular formula is C9H10N8O2. The average molecular weight is 262 g/mol. The number of fused-ring (bicyclic) bond motifs is 1. The van der Waals surface area contributed by atoms with Crippen molar-refractivity contribution in [1.29, 1.82) is 0 Å². The van der Waals surface area contributed by atoms with Gasteiger partial charge in [0.25, 0.3) is 5.56 Å². The van der Waals surface area contributed by atoms with Gasteiger partial charge in [0.1, 0.15) is 5.52 Å². The first-order valence-electron chi connectivity index (χ1n) is 5.06. The largest absolute Gasteiger partial charge is 0.382 e. The molecule has 0 amide bonds. The highest BCUT2D eigenvalue weighted by Crippen LogP contribution is 2.12. The number of hydrogen-bond acceptors (Lipinski definition) is 7. The Morgan fingerprint density at radius 1 is 1.11 bits per heavy atom. The summed E-state index contributed by atoms with van der Waals surface area (Å²) in [5.74, 6) is 0.465. The molecule has 19 heavy (non-hydrogen) atoms. The predicted molar refractivity (Wildman–Crippen MR) is 68.2 cm³/mol. The number of aromatic nitrogens is 6. The van der Waals surface area contributed by atoms with Crippen molar-refractivity contribution in [1.82, 2.24) is 29.9 Å². The van der Waals surface area contributed by atoms with E-state index in [1.807, 2.05) is 4.98 Å². The molecule has 0 fully saturated rings. The summed E-state index contributed by atoms with van der Waals surface area (Å²) in [6.45, 7) is 0. The third-order valence-electron chi connectivity index (χ3n) is 2.02. The number of nitrogen functional groups attached to an aromatic ring is 2. The molecule has 10 heteroatoms. The van der Waals surface area contributed by atoms with Gasteiger partial charge >= 0.3 is 5.69 Å². The van der Waals surface area contributed by atoms with Crippen LogP contribution in [0.4, 0.5) is 11.8 Å². The second-order valence-electron chi connectivity index (χ2n) is 3.36. The molecule has 0 saturated carbocycles. The fraction of sp³-hybridized carbons (Fsp3) is 0. The summed E-state index contributed by atoms with van der Waals surface area (Å²) in [6.07, 6.45) is 2.79. The van der Waals surface area contributed by atoms with E-state index in [9.17, 15) is 9.59 Å². The highest BCUT2D eigenvalue weighted by molar-refractivity contribution is 5.81. The highest BCUT2D eigenvalue weighted by Gasteiger charge is 2.03. The minimum absolute atomic E-state index is 0.141. The molecule has 0 aliphatic rings. The standard InChI is InChI=1S/C5H6N6.C4H4N2O2/c6-3-2-4(9-1-8-2)11-5(7)10-3;7-3-1-2-5-4(8)6-3/h1H,(H5,6,7,8,9,10,11);1-2H,(H2,5,6,7,8). The van der Waals surface area contributed by atoms with Crippen molar-refractivity contribution >= 4 is 22.9 Å². The Balaban J connectivity index is 0.000000148. The smallest absolute Gasteiger partial charge is 0.325 e. The molecule has 7 N–H and O–H groups in total. The van der Waals surface area contributed by atoms with Crippen LogP contribution in [0.25, 0.3) is 11.2 Å². The van der Waals surface area contributed by atoms with E-state index in [-0.39, 0.29) is 11.5 Å². The van der Waals surface area contributed by atoms with Crippen LogP contribution in [-0.2, 0) is 0 Å². The van der Waals surface area contributed by atoms with E-state index in [4.69, 9.17) is 11.5 Å². The molecule has 10 nitrogen and oxygen atoms in total. The molecule has 0 unspecified atom stereocenters. The van der Waals surface area contributed by atoms with Gasteiger partial charge in [-0.15, -0.1) is 0 Å². The molecular weight excluding hydrogens is 252 g/mol. The lowest BCUT2D eigenvalue weighted by Gasteiger charge is -1.94. The van der Waals surface area contributed by atoms with Gasteiger partial charge in [-0.3, -0.25) is 9.78 Å². The summed E-state index contributed by atoms with van der Waals surface area (Å²) in [5.41, 5.74) is 11.1. The maximum absolute atomic E-state index is 10.2. The normalized spacial score (nSPS) is 9.89. The second kappa shape index (κ2) is 5.00. The van der Waals surface area contributed by atoms with Gasteiger partial charge in [-0.1, -0.05) is 0 Å². The first-order valence-corrected chi connectivity index (χ1v) is 5.06. The summed E-state index contributed by atoms with van der Waals surface area (Å²) in [5, 5.41) is 0. The summed E-state index contributed by atoms with van der Waals surface area (Å²) in [6, 6.07) is 1.24. The molecule has 0 saturated heterocycles. The molecule has 0 bridgehead atoms. The van der Waals surface area contributed by atoms with Gasteiger partial charge in [0.05, 0.1) is 6.33 Å². The Morgan fingerprint density at radius 3 is 2.53 bits per heavy atom. The zero-order valence-corrected chi connectivity index (χ0v) is 9.54. The molecule has 3 heterocycles. The van der Waals surface area contributed by atoms with E-state index in [1.165, 1.54) is 18.6 Å². The van der Waals surface area contributed by atoms with E-state index in [0.717, 1.165) is 0 Å². The van der Waals surface area contributed by atoms with Crippen molar-refractivity contribution in [3.8, 4) is 0 Å². The first kappa shape index (κ1) is 12.3. The summed E-state index contributed by atoms with van der Waals surface area (Å²) >= 11 is 0. The number of rotatable bonds is 0. The quantitative estimate of drug-likeness (QED) is 0.330. The number of H-pyrrole nitrogens is 3. The maximum atomic E-state index is 10.2. The number of nitrogens with two attached hydrogens (primary N) is 2. The van der Waals surface area contributed by atoms with Crippen LogP contribution in [0.1, 0.15) is 0 Å². The number of nitrogens with zero attached hydrogens (tertiary/aromatic N) is 3. The van der Waals surface area contributed by atoms with Crippen LogP contribution in [0, 0.1) is 0 Å². The summed E-state index contributed by atoms with van der Waals surface area (Å²) < 4.78 is 0. The van der Waals surface area contributed by atoms with Crippen molar-refractivity contribution in [3.05, 3.63) is 39.4 Å². The topological polar surface area (TPSA) is 172 Å². The number of nitrogens with one attached hydrogen (secondary N) is 3. The van der Waals surface area contributed by atoms with Crippen molar-refractivity contribution < 1.29 is 0 Å². The van der Waals surface area contributed by atoms with Gasteiger partial charge in [-0.05, 0) is 0 Å². The van der Waals surface area contributed by atoms with Gasteiger partial charge in [0.15, 0.2) is 11.5 Å². The Bertz CT molecular complexity index is 776. The zero-order valence-electron chi connectivity index (χ0n) is 9.54. The minimum Gasteiger partial charge on any atom is -0.382 e. The molecule has 0 spiro atoms. The SMILES string of the molecule is Nc1nc(N)c2[nH]cnc2n1.O=c1cc[nH]c(=O)[nH]1. The van der Waals surface area contributed by atoms with Crippen LogP contribution in [0.5, 0.6) is 0 Å². The fourth-order valence-electron chi connectivity index (χ4n) is 1.26. The molecule has 0 aromatic carbocycles. The molecule has 98 valence electrons. The predicted octanol–water partition coefficient (Wildman–Crippen LogP) is -1.42. The average Bonchev–Trinajstić information content (AvgIpc) is 2.77. The van der Waals surface area contributed by atoms with Crippen molar-refractivity contribution in [2.45, 2.75) is 0 Å². The molecule has 3 aromatic heterocycles. The number of anilines is 2. The van der Waals surface area contributed by atoms with Gasteiger partial charge in [-0.25, -0.2) is 9.78 Å². The summed E-state index contributed by atoms with van der Waals surface area (Å²) in [4.78, 5) is 38.9. The lowest BCUT2D eigenvalue weighted by Crippen LogP contribution is -2.19. The van der Waals surface area contributed by atoms with Gasteiger partial charge < -0.3 is 21.4 Å². The highest BCUT2D eigenvalue weighted by atomic mass is 16.2. The minimum atomic E-state index is -0.475. The van der Waals surface area contributed by atoms with E-state index in [1.54, 1.807) is 0 Å². The Hall–Kier alpha value is -3.17. The maximum Gasteiger partial charge on any atom is 0.325 e. The van der Waals surface area contributed by atoms with E-state index in [2.05, 4.69) is 24.9 Å². The molecule has 0 radical (unpaired) electrons. The number of hydrogen-bond donors (Lipinski definition) is 5. The summed E-state index contributed by atoms with van der Waals surface area (Å²) in [7, 11) is 0. The van der Waals surface area contributed by atoms with Gasteiger partial charge in [0.2, 0.25) is 5.95 Å². The van der Waals surface area contributed by atoms with E-state index >= 15 is 0 Å². The lowest BCUT2D eigenvalue weighted by atomic mass is 10.5. The zero-order chi connectivity index (χ0) is 13.8. The molecule has 0 aliphatic carbocycles. The Labute approximate surface area is 104 Å². The van der Waals surface area contributed by atoms with E-state index < -0.39 is 5.69 Å². The van der Waals surface area contributed by atoms with Crippen LogP contribution < -0.4 is 22.7 Å². The monoisotopic (exact) mass is 262 g/mol. The third kappa shape index (κ3) is 2.94. The van der Waals surface area contributed by atoms with Crippen LogP contribution in [0.15, 0.2) is 28.2 Å². The number of imidazole rings is 1. The molecule has 0 aliphatic heterocycles.